The van der Waals surface area contributed by atoms with Gasteiger partial charge in [-0.15, -0.1) is 10.2 Å². The van der Waals surface area contributed by atoms with E-state index in [-0.39, 0.29) is 5.91 Å². The van der Waals surface area contributed by atoms with Gasteiger partial charge in [0.15, 0.2) is 0 Å². The maximum Gasteiger partial charge on any atom is 0.230 e. The number of likely N-dealkylation sites (tertiary alicyclic amines) is 1. The summed E-state index contributed by atoms with van der Waals surface area (Å²) in [4.78, 5) is 14.4. The van der Waals surface area contributed by atoms with E-state index >= 15 is 0 Å². The molecule has 7 nitrogen and oxygen atoms in total. The van der Waals surface area contributed by atoms with Crippen LogP contribution in [-0.2, 0) is 17.9 Å². The third-order valence-electron chi connectivity index (χ3n) is 4.57. The van der Waals surface area contributed by atoms with Crippen molar-refractivity contribution in [3.05, 3.63) is 35.4 Å². The Morgan fingerprint density at radius 1 is 1.32 bits per heavy atom. The average molecular weight is 346 g/mol. The van der Waals surface area contributed by atoms with Gasteiger partial charge in [0.25, 0.3) is 0 Å². The number of furan rings is 1. The number of piperidine rings is 1. The molecule has 1 saturated heterocycles. The molecule has 0 spiro atoms. The number of hydrogen-bond donors (Lipinski definition) is 1. The molecule has 136 valence electrons. The first-order valence-corrected chi connectivity index (χ1v) is 8.92. The topological polar surface area (TPSA) is 84.4 Å². The Morgan fingerprint density at radius 3 is 2.92 bits per heavy atom. The van der Waals surface area contributed by atoms with Gasteiger partial charge in [-0.2, -0.15) is 0 Å². The van der Waals surface area contributed by atoms with Crippen LogP contribution in [0.3, 0.4) is 0 Å². The number of aryl methyl sites for hydroxylation is 2. The summed E-state index contributed by atoms with van der Waals surface area (Å²) in [5.41, 5.74) is 0. The summed E-state index contributed by atoms with van der Waals surface area (Å²) in [6.07, 6.45) is 3.77. The van der Waals surface area contributed by atoms with Crippen molar-refractivity contribution >= 4 is 5.91 Å². The lowest BCUT2D eigenvalue weighted by Crippen LogP contribution is -2.35. The van der Waals surface area contributed by atoms with Gasteiger partial charge in [0.2, 0.25) is 17.7 Å². The van der Waals surface area contributed by atoms with Gasteiger partial charge in [0.05, 0.1) is 13.1 Å². The van der Waals surface area contributed by atoms with Gasteiger partial charge >= 0.3 is 0 Å². The molecule has 3 rings (SSSR count). The highest BCUT2D eigenvalue weighted by atomic mass is 16.4. The summed E-state index contributed by atoms with van der Waals surface area (Å²) in [7, 11) is 0. The predicted molar refractivity (Wildman–Crippen MR) is 91.6 cm³/mol. The molecule has 0 aliphatic carbocycles. The first-order chi connectivity index (χ1) is 12.1. The van der Waals surface area contributed by atoms with E-state index in [9.17, 15) is 4.79 Å². The predicted octanol–water partition coefficient (Wildman–Crippen LogP) is 2.59. The van der Waals surface area contributed by atoms with E-state index in [2.05, 4.69) is 20.4 Å². The first kappa shape index (κ1) is 17.7. The number of carbonyl (C=O) groups excluding carboxylic acids is 1. The lowest BCUT2D eigenvalue weighted by Gasteiger charge is -2.31. The van der Waals surface area contributed by atoms with Crippen molar-refractivity contribution in [1.29, 1.82) is 0 Å². The van der Waals surface area contributed by atoms with Gasteiger partial charge in [-0.3, -0.25) is 9.69 Å². The Hall–Kier alpha value is -2.15. The molecule has 0 aromatic carbocycles. The van der Waals surface area contributed by atoms with Crippen molar-refractivity contribution in [1.82, 2.24) is 20.4 Å². The van der Waals surface area contributed by atoms with Crippen LogP contribution >= 0.6 is 0 Å². The van der Waals surface area contributed by atoms with Crippen LogP contribution in [0.15, 0.2) is 21.0 Å². The van der Waals surface area contributed by atoms with Gasteiger partial charge in [-0.05, 0) is 50.8 Å². The summed E-state index contributed by atoms with van der Waals surface area (Å²) >= 11 is 0. The number of amides is 1. The highest BCUT2D eigenvalue weighted by molar-refractivity contribution is 5.75. The first-order valence-electron chi connectivity index (χ1n) is 8.92. The van der Waals surface area contributed by atoms with Crippen molar-refractivity contribution in [2.24, 2.45) is 5.92 Å². The van der Waals surface area contributed by atoms with Gasteiger partial charge in [0.1, 0.15) is 11.5 Å². The van der Waals surface area contributed by atoms with E-state index in [4.69, 9.17) is 8.83 Å². The number of nitrogens with one attached hydrogen (secondary N) is 1. The Labute approximate surface area is 147 Å². The van der Waals surface area contributed by atoms with Crippen LogP contribution in [-0.4, -0.2) is 34.1 Å². The Balaban J connectivity index is 1.37. The number of nitrogens with zero attached hydrogens (tertiary/aromatic N) is 3. The summed E-state index contributed by atoms with van der Waals surface area (Å²) in [5.74, 6) is 3.55. The van der Waals surface area contributed by atoms with Gasteiger partial charge in [0, 0.05) is 19.9 Å². The average Bonchev–Trinajstić information content (AvgIpc) is 3.19. The second-order valence-corrected chi connectivity index (χ2v) is 6.79. The zero-order valence-corrected chi connectivity index (χ0v) is 15.0. The molecule has 1 aliphatic heterocycles. The zero-order chi connectivity index (χ0) is 17.6. The maximum atomic E-state index is 12.0. The van der Waals surface area contributed by atoms with Crippen molar-refractivity contribution in [2.45, 2.75) is 52.6 Å². The molecule has 1 atom stereocenters. The van der Waals surface area contributed by atoms with E-state index in [1.807, 2.05) is 19.1 Å². The van der Waals surface area contributed by atoms with Gasteiger partial charge < -0.3 is 14.2 Å². The molecule has 3 heterocycles. The smallest absolute Gasteiger partial charge is 0.230 e. The van der Waals surface area contributed by atoms with E-state index in [0.717, 1.165) is 37.5 Å². The van der Waals surface area contributed by atoms with E-state index in [1.165, 1.54) is 6.42 Å². The number of aromatic nitrogens is 2. The third-order valence-corrected chi connectivity index (χ3v) is 4.57. The largest absolute Gasteiger partial charge is 0.465 e. The molecule has 1 N–H and O–H groups in total. The molecular formula is C18H26N4O3. The summed E-state index contributed by atoms with van der Waals surface area (Å²) < 4.78 is 10.9. The minimum absolute atomic E-state index is 0.0821. The van der Waals surface area contributed by atoms with Crippen molar-refractivity contribution in [2.75, 3.05) is 13.1 Å². The van der Waals surface area contributed by atoms with Crippen LogP contribution in [0.4, 0.5) is 0 Å². The molecule has 2 aromatic heterocycles. The van der Waals surface area contributed by atoms with Crippen LogP contribution in [0.1, 0.15) is 49.0 Å². The molecular weight excluding hydrogens is 320 g/mol. The molecule has 1 fully saturated rings. The SMILES string of the molecule is Cc1ccc(CNC(=O)CC[C@H]2CCCN(Cc3nnc(C)o3)C2)o1. The van der Waals surface area contributed by atoms with Crippen LogP contribution in [0.25, 0.3) is 0 Å². The van der Waals surface area contributed by atoms with Crippen molar-refractivity contribution in [3.63, 3.8) is 0 Å². The second kappa shape index (κ2) is 8.29. The Morgan fingerprint density at radius 2 is 2.20 bits per heavy atom. The molecule has 0 saturated carbocycles. The lowest BCUT2D eigenvalue weighted by molar-refractivity contribution is -0.121. The van der Waals surface area contributed by atoms with Crippen molar-refractivity contribution in [3.8, 4) is 0 Å². The summed E-state index contributed by atoms with van der Waals surface area (Å²) in [6, 6.07) is 3.80. The van der Waals surface area contributed by atoms with Gasteiger partial charge in [-0.25, -0.2) is 0 Å². The van der Waals surface area contributed by atoms with E-state index in [0.29, 0.717) is 37.2 Å². The van der Waals surface area contributed by atoms with Crippen LogP contribution in [0, 0.1) is 19.8 Å². The minimum atomic E-state index is 0.0821. The number of carbonyl (C=O) groups is 1. The molecule has 1 amide bonds. The highest BCUT2D eigenvalue weighted by Crippen LogP contribution is 2.22. The Kier molecular flexibility index (Phi) is 5.86. The quantitative estimate of drug-likeness (QED) is 0.829. The second-order valence-electron chi connectivity index (χ2n) is 6.79. The van der Waals surface area contributed by atoms with Crippen LogP contribution in [0.5, 0.6) is 0 Å². The summed E-state index contributed by atoms with van der Waals surface area (Å²) in [5, 5.41) is 10.9. The molecule has 0 unspecified atom stereocenters. The Bertz CT molecular complexity index is 694. The normalized spacial score (nSPS) is 18.4. The monoisotopic (exact) mass is 346 g/mol. The molecule has 0 bridgehead atoms. The highest BCUT2D eigenvalue weighted by Gasteiger charge is 2.22. The maximum absolute atomic E-state index is 12.0. The fraction of sp³-hybridized carbons (Fsp3) is 0.611. The third kappa shape index (κ3) is 5.42. The minimum Gasteiger partial charge on any atom is -0.465 e. The van der Waals surface area contributed by atoms with E-state index in [1.54, 1.807) is 6.92 Å². The van der Waals surface area contributed by atoms with Crippen LogP contribution < -0.4 is 5.32 Å². The standard InChI is InChI=1S/C18H26N4O3/c1-13-5-7-16(24-13)10-19-17(23)8-6-15-4-3-9-22(11-15)12-18-21-20-14(2)25-18/h5,7,15H,3-4,6,8-12H2,1-2H3,(H,19,23)/t15-/m1/s1. The summed E-state index contributed by atoms with van der Waals surface area (Å²) in [6.45, 7) is 6.88. The zero-order valence-electron chi connectivity index (χ0n) is 15.0. The van der Waals surface area contributed by atoms with Crippen molar-refractivity contribution < 1.29 is 13.6 Å². The molecule has 25 heavy (non-hydrogen) atoms. The number of hydrogen-bond acceptors (Lipinski definition) is 6. The molecule has 7 heteroatoms. The molecule has 1 aliphatic rings. The lowest BCUT2D eigenvalue weighted by atomic mass is 9.93. The fourth-order valence-electron chi connectivity index (χ4n) is 3.31. The molecule has 2 aromatic rings. The molecule has 0 radical (unpaired) electrons. The van der Waals surface area contributed by atoms with Gasteiger partial charge in [-0.1, -0.05) is 0 Å². The number of rotatable bonds is 7. The van der Waals surface area contributed by atoms with E-state index < -0.39 is 0 Å². The fourth-order valence-corrected chi connectivity index (χ4v) is 3.31. The van der Waals surface area contributed by atoms with Crippen LogP contribution in [0.2, 0.25) is 0 Å².